The summed E-state index contributed by atoms with van der Waals surface area (Å²) in [6.45, 7) is 0. The largest absolute Gasteiger partial charge is 0.481 e. The third kappa shape index (κ3) is 4.10. The Morgan fingerprint density at radius 1 is 1.28 bits per heavy atom. The van der Waals surface area contributed by atoms with Crippen molar-refractivity contribution in [2.75, 3.05) is 0 Å². The van der Waals surface area contributed by atoms with E-state index in [-0.39, 0.29) is 17.1 Å². The molecule has 0 radical (unpaired) electrons. The van der Waals surface area contributed by atoms with E-state index in [1.165, 1.54) is 23.6 Å². The number of carboxylic acids is 1. The molecule has 2 aromatic heterocycles. The molecule has 0 amide bonds. The van der Waals surface area contributed by atoms with Crippen molar-refractivity contribution in [1.82, 2.24) is 14.1 Å². The van der Waals surface area contributed by atoms with Crippen LogP contribution in [0.5, 0.6) is 0 Å². The van der Waals surface area contributed by atoms with Gasteiger partial charge in [-0.1, -0.05) is 11.6 Å². The average Bonchev–Trinajstić information content (AvgIpc) is 3.06. The number of nitrogens with zero attached hydrogens (tertiary/aromatic N) is 3. The molecule has 152 valence electrons. The molecular formula is C17H11ClF3N3O4S. The van der Waals surface area contributed by atoms with E-state index in [9.17, 15) is 27.6 Å². The molecule has 29 heavy (non-hydrogen) atoms. The molecule has 0 bridgehead atoms. The fourth-order valence-corrected chi connectivity index (χ4v) is 3.73. The molecule has 2 heterocycles. The molecule has 0 saturated carbocycles. The number of aliphatic carboxylic acids is 1. The third-order valence-electron chi connectivity index (χ3n) is 3.93. The number of rotatable bonds is 4. The first-order valence-electron chi connectivity index (χ1n) is 7.86. The fraction of sp³-hybridized carbons (Fsp3) is 0.176. The highest BCUT2D eigenvalue weighted by atomic mass is 35.5. The van der Waals surface area contributed by atoms with Crippen LogP contribution < -0.4 is 11.2 Å². The average molecular weight is 446 g/mol. The predicted molar refractivity (Wildman–Crippen MR) is 99.7 cm³/mol. The third-order valence-corrected chi connectivity index (χ3v) is 5.19. The van der Waals surface area contributed by atoms with Gasteiger partial charge in [-0.25, -0.2) is 14.3 Å². The summed E-state index contributed by atoms with van der Waals surface area (Å²) in [7, 11) is 0.914. The molecule has 0 spiro atoms. The summed E-state index contributed by atoms with van der Waals surface area (Å²) in [6, 6.07) is 4.35. The maximum atomic E-state index is 13.0. The summed E-state index contributed by atoms with van der Waals surface area (Å²) in [6.07, 6.45) is -5.16. The monoisotopic (exact) mass is 445 g/mol. The maximum Gasteiger partial charge on any atom is 0.431 e. The first-order chi connectivity index (χ1) is 13.5. The summed E-state index contributed by atoms with van der Waals surface area (Å²) in [4.78, 5) is 39.7. The Morgan fingerprint density at radius 2 is 1.97 bits per heavy atom. The van der Waals surface area contributed by atoms with Crippen LogP contribution in [0.3, 0.4) is 0 Å². The minimum atomic E-state index is -4.86. The van der Waals surface area contributed by atoms with Crippen LogP contribution in [0.15, 0.2) is 39.2 Å². The van der Waals surface area contributed by atoms with Crippen LogP contribution in [0.1, 0.15) is 11.4 Å². The molecule has 7 nitrogen and oxygen atoms in total. The molecular weight excluding hydrogens is 435 g/mol. The van der Waals surface area contributed by atoms with Crippen LogP contribution in [0.4, 0.5) is 13.2 Å². The van der Waals surface area contributed by atoms with Crippen molar-refractivity contribution in [1.29, 1.82) is 0 Å². The van der Waals surface area contributed by atoms with Gasteiger partial charge in [0.05, 0.1) is 22.8 Å². The molecule has 0 aliphatic rings. The molecule has 0 saturated heterocycles. The number of hydrogen-bond acceptors (Lipinski definition) is 5. The smallest absolute Gasteiger partial charge is 0.431 e. The van der Waals surface area contributed by atoms with Crippen molar-refractivity contribution in [2.45, 2.75) is 12.6 Å². The number of thiazole rings is 1. The summed E-state index contributed by atoms with van der Waals surface area (Å²) in [5.74, 6) is -1.07. The summed E-state index contributed by atoms with van der Waals surface area (Å²) in [5, 5.41) is 10.9. The van der Waals surface area contributed by atoms with Crippen molar-refractivity contribution >= 4 is 28.9 Å². The summed E-state index contributed by atoms with van der Waals surface area (Å²) >= 11 is 7.26. The zero-order valence-electron chi connectivity index (χ0n) is 14.5. The number of hydrogen-bond donors (Lipinski definition) is 1. The van der Waals surface area contributed by atoms with Crippen molar-refractivity contribution in [3.63, 3.8) is 0 Å². The molecule has 0 aliphatic carbocycles. The number of carboxylic acid groups (broad SMARTS) is 1. The van der Waals surface area contributed by atoms with E-state index in [4.69, 9.17) is 16.7 Å². The molecule has 0 aliphatic heterocycles. The molecule has 1 aromatic carbocycles. The van der Waals surface area contributed by atoms with Crippen LogP contribution in [-0.2, 0) is 24.4 Å². The van der Waals surface area contributed by atoms with E-state index < -0.39 is 29.1 Å². The van der Waals surface area contributed by atoms with Gasteiger partial charge < -0.3 is 5.11 Å². The van der Waals surface area contributed by atoms with Gasteiger partial charge in [0.1, 0.15) is 10.7 Å². The Balaban J connectivity index is 2.15. The lowest BCUT2D eigenvalue weighted by Gasteiger charge is -2.14. The van der Waals surface area contributed by atoms with Gasteiger partial charge in [0.15, 0.2) is 0 Å². The maximum absolute atomic E-state index is 13.0. The molecule has 3 rings (SSSR count). The molecule has 12 heteroatoms. The lowest BCUT2D eigenvalue weighted by molar-refractivity contribution is -0.144. The minimum absolute atomic E-state index is 0.00120. The van der Waals surface area contributed by atoms with Gasteiger partial charge in [0, 0.05) is 24.1 Å². The number of alkyl halides is 3. The molecule has 3 aromatic rings. The van der Waals surface area contributed by atoms with E-state index >= 15 is 0 Å². The topological polar surface area (TPSA) is 94.2 Å². The number of halogens is 4. The second kappa shape index (κ2) is 7.48. The molecule has 0 atom stereocenters. The van der Waals surface area contributed by atoms with Crippen molar-refractivity contribution in [3.8, 4) is 16.3 Å². The van der Waals surface area contributed by atoms with E-state index in [2.05, 4.69) is 4.98 Å². The molecule has 1 N–H and O–H groups in total. The van der Waals surface area contributed by atoms with Crippen LogP contribution in [0.25, 0.3) is 16.3 Å². The van der Waals surface area contributed by atoms with E-state index in [1.54, 1.807) is 0 Å². The summed E-state index contributed by atoms with van der Waals surface area (Å²) < 4.78 is 39.9. The van der Waals surface area contributed by atoms with Gasteiger partial charge in [-0.3, -0.25) is 14.2 Å². The van der Waals surface area contributed by atoms with Crippen LogP contribution in [-0.4, -0.2) is 25.2 Å². The number of benzene rings is 1. The van der Waals surface area contributed by atoms with Gasteiger partial charge in [-0.2, -0.15) is 13.2 Å². The highest BCUT2D eigenvalue weighted by Crippen LogP contribution is 2.32. The van der Waals surface area contributed by atoms with Gasteiger partial charge >= 0.3 is 17.8 Å². The van der Waals surface area contributed by atoms with Crippen LogP contribution in [0.2, 0.25) is 5.02 Å². The Kier molecular flexibility index (Phi) is 5.37. The Bertz CT molecular complexity index is 1230. The standard InChI is InChI=1S/C17H11ClF3N3O4S/c1-23-12(17(19,20)21)6-13(25)24(16(23)28)9-2-3-11(18)10(5-9)15-22-8(7-29-15)4-14(26)27/h2-3,5-7H,4H2,1H3,(H,26,27). The van der Waals surface area contributed by atoms with E-state index in [0.29, 0.717) is 31.5 Å². The normalized spacial score (nSPS) is 11.6. The van der Waals surface area contributed by atoms with E-state index in [1.807, 2.05) is 0 Å². The minimum Gasteiger partial charge on any atom is -0.481 e. The van der Waals surface area contributed by atoms with Crippen molar-refractivity contribution in [3.05, 3.63) is 66.9 Å². The van der Waals surface area contributed by atoms with E-state index in [0.717, 1.165) is 18.4 Å². The zero-order valence-corrected chi connectivity index (χ0v) is 16.1. The second-order valence-corrected chi connectivity index (χ2v) is 7.19. The first-order valence-corrected chi connectivity index (χ1v) is 9.11. The Hall–Kier alpha value is -2.92. The first kappa shape index (κ1) is 20.8. The quantitative estimate of drug-likeness (QED) is 0.666. The number of carbonyl (C=O) groups is 1. The highest BCUT2D eigenvalue weighted by molar-refractivity contribution is 7.13. The van der Waals surface area contributed by atoms with Gasteiger partial charge in [-0.05, 0) is 18.2 Å². The second-order valence-electron chi connectivity index (χ2n) is 5.92. The molecule has 0 fully saturated rings. The summed E-state index contributed by atoms with van der Waals surface area (Å²) in [5.41, 5.74) is -3.10. The molecule has 0 unspecified atom stereocenters. The van der Waals surface area contributed by atoms with Gasteiger partial charge in [0.25, 0.3) is 5.56 Å². The van der Waals surface area contributed by atoms with Crippen molar-refractivity contribution < 1.29 is 23.1 Å². The SMILES string of the molecule is Cn1c(C(F)(F)F)cc(=O)n(-c2ccc(Cl)c(-c3nc(CC(=O)O)cs3)c2)c1=O. The van der Waals surface area contributed by atoms with Gasteiger partial charge in [-0.15, -0.1) is 11.3 Å². The van der Waals surface area contributed by atoms with Gasteiger partial charge in [0.2, 0.25) is 0 Å². The fourth-order valence-electron chi connectivity index (χ4n) is 2.62. The zero-order chi connectivity index (χ0) is 21.5. The lowest BCUT2D eigenvalue weighted by Crippen LogP contribution is -2.40. The Labute approximate surface area is 169 Å². The Morgan fingerprint density at radius 3 is 2.59 bits per heavy atom. The lowest BCUT2D eigenvalue weighted by atomic mass is 10.2. The number of aromatic nitrogens is 3. The van der Waals surface area contributed by atoms with Crippen LogP contribution in [0, 0.1) is 0 Å². The van der Waals surface area contributed by atoms with Crippen molar-refractivity contribution in [2.24, 2.45) is 7.05 Å². The van der Waals surface area contributed by atoms with Crippen LogP contribution >= 0.6 is 22.9 Å². The predicted octanol–water partition coefficient (Wildman–Crippen LogP) is 2.96. The highest BCUT2D eigenvalue weighted by Gasteiger charge is 2.35.